The number of ether oxygens (including phenoxy) is 1. The van der Waals surface area contributed by atoms with Crippen LogP contribution in [-0.2, 0) is 11.4 Å². The minimum atomic E-state index is -4.86. The molecular weight excluding hydrogens is 591 g/mol. The first kappa shape index (κ1) is 32.0. The van der Waals surface area contributed by atoms with E-state index in [2.05, 4.69) is 15.6 Å². The largest absolute Gasteiger partial charge is 0.489 e. The summed E-state index contributed by atoms with van der Waals surface area (Å²) in [5.41, 5.74) is 6.83. The van der Waals surface area contributed by atoms with Gasteiger partial charge in [-0.25, -0.2) is 4.99 Å². The highest BCUT2D eigenvalue weighted by Gasteiger charge is 2.32. The Labute approximate surface area is 265 Å². The van der Waals surface area contributed by atoms with Crippen molar-refractivity contribution in [2.24, 2.45) is 16.6 Å². The molecule has 5 rings (SSSR count). The molecule has 1 fully saturated rings. The van der Waals surface area contributed by atoms with Crippen molar-refractivity contribution in [1.29, 1.82) is 5.26 Å². The number of nitrogens with zero attached hydrogens (tertiary/aromatic N) is 2. The number of anilines is 1. The summed E-state index contributed by atoms with van der Waals surface area (Å²) in [4.78, 5) is 17.4. The van der Waals surface area contributed by atoms with E-state index in [1.807, 2.05) is 66.7 Å². The lowest BCUT2D eigenvalue weighted by molar-refractivity contribution is -0.110. The first-order chi connectivity index (χ1) is 22.2. The molecule has 0 heterocycles. The molecule has 0 bridgehead atoms. The molecule has 234 valence electrons. The van der Waals surface area contributed by atoms with Crippen LogP contribution in [0.5, 0.6) is 5.75 Å². The van der Waals surface area contributed by atoms with Crippen LogP contribution in [0.2, 0.25) is 0 Å². The third kappa shape index (κ3) is 9.06. The van der Waals surface area contributed by atoms with Gasteiger partial charge in [0.2, 0.25) is 0 Å². The van der Waals surface area contributed by atoms with Crippen LogP contribution in [0.25, 0.3) is 0 Å². The maximum Gasteiger partial charge on any atom is 0.430 e. The van der Waals surface area contributed by atoms with Gasteiger partial charge < -0.3 is 21.1 Å². The number of carbonyl (C=O) groups is 1. The summed E-state index contributed by atoms with van der Waals surface area (Å²) >= 11 is 0. The monoisotopic (exact) mass is 623 g/mol. The van der Waals surface area contributed by atoms with Gasteiger partial charge in [0.1, 0.15) is 23.8 Å². The molecule has 0 spiro atoms. The zero-order valence-electron chi connectivity index (χ0n) is 24.8. The normalized spacial score (nSPS) is 14.3. The summed E-state index contributed by atoms with van der Waals surface area (Å²) < 4.78 is 45.9. The van der Waals surface area contributed by atoms with Crippen molar-refractivity contribution in [3.63, 3.8) is 0 Å². The van der Waals surface area contributed by atoms with E-state index in [9.17, 15) is 23.2 Å². The predicted molar refractivity (Wildman–Crippen MR) is 171 cm³/mol. The van der Waals surface area contributed by atoms with Gasteiger partial charge in [-0.15, -0.1) is 0 Å². The zero-order valence-corrected chi connectivity index (χ0v) is 24.8. The Kier molecular flexibility index (Phi) is 10.1. The molecular formula is C36H32F3N5O2. The molecule has 0 saturated heterocycles. The van der Waals surface area contributed by atoms with E-state index in [4.69, 9.17) is 10.5 Å². The molecule has 1 atom stereocenters. The summed E-state index contributed by atoms with van der Waals surface area (Å²) in [6.07, 6.45) is -2.05. The average molecular weight is 624 g/mol. The minimum Gasteiger partial charge on any atom is -0.489 e. The third-order valence-corrected chi connectivity index (χ3v) is 7.32. The van der Waals surface area contributed by atoms with E-state index in [1.54, 1.807) is 18.2 Å². The molecule has 1 saturated carbocycles. The van der Waals surface area contributed by atoms with E-state index in [0.717, 1.165) is 41.8 Å². The van der Waals surface area contributed by atoms with Crippen LogP contribution in [0, 0.1) is 17.2 Å². The number of nitrogens with two attached hydrogens (primary N) is 1. The van der Waals surface area contributed by atoms with Gasteiger partial charge in [0.05, 0.1) is 23.4 Å². The van der Waals surface area contributed by atoms with Crippen molar-refractivity contribution in [3.8, 4) is 11.8 Å². The number of allylic oxidation sites excluding steroid dienone is 1. The molecule has 1 amide bonds. The van der Waals surface area contributed by atoms with Crippen LogP contribution in [0.3, 0.4) is 0 Å². The number of carbonyl (C=O) groups excluding carboxylic acids is 1. The van der Waals surface area contributed by atoms with Crippen molar-refractivity contribution >= 4 is 23.0 Å². The van der Waals surface area contributed by atoms with E-state index in [1.165, 1.54) is 24.3 Å². The number of halogens is 3. The van der Waals surface area contributed by atoms with Crippen LogP contribution in [0.15, 0.2) is 120 Å². The smallest absolute Gasteiger partial charge is 0.430 e. The molecule has 7 nitrogen and oxygen atoms in total. The number of amides is 1. The molecule has 1 aliphatic carbocycles. The average Bonchev–Trinajstić information content (AvgIpc) is 3.89. The topological polar surface area (TPSA) is 113 Å². The van der Waals surface area contributed by atoms with Gasteiger partial charge in [-0.3, -0.25) is 4.79 Å². The lowest BCUT2D eigenvalue weighted by atomic mass is 9.97. The number of hydrogen-bond donors (Lipinski definition) is 3. The molecule has 0 aromatic heterocycles. The van der Waals surface area contributed by atoms with Crippen molar-refractivity contribution in [1.82, 2.24) is 5.32 Å². The second-order valence-electron chi connectivity index (χ2n) is 11.0. The van der Waals surface area contributed by atoms with E-state index in [0.29, 0.717) is 24.3 Å². The van der Waals surface area contributed by atoms with Gasteiger partial charge in [0.25, 0.3) is 5.91 Å². The second kappa shape index (κ2) is 14.6. The van der Waals surface area contributed by atoms with Crippen LogP contribution in [0.1, 0.15) is 41.1 Å². The highest BCUT2D eigenvalue weighted by molar-refractivity contribution is 6.47. The molecule has 4 N–H and O–H groups in total. The molecule has 1 unspecified atom stereocenters. The summed E-state index contributed by atoms with van der Waals surface area (Å²) in [7, 11) is 0. The summed E-state index contributed by atoms with van der Waals surface area (Å²) in [6, 6.07) is 32.4. The predicted octanol–water partition coefficient (Wildman–Crippen LogP) is 7.34. The molecule has 0 aliphatic heterocycles. The Balaban J connectivity index is 1.38. The standard InChI is InChI=1S/C36H32F3N5O2/c37-36(38,39)33(41)20-32(43-29-10-4-8-26(18-29)21-40)35(45)44-30-11-5-9-28(19-30)34(42-22-24-12-13-24)27-14-16-31(17-15-27)46-23-25-6-2-1-3-7-25/h1-11,14-20,24,34,42H,12-13,22-23,41H2,(H,44,45). The number of rotatable bonds is 12. The van der Waals surface area contributed by atoms with Crippen LogP contribution in [0.4, 0.5) is 24.5 Å². The number of aliphatic imine (C=N–C) groups is 1. The van der Waals surface area contributed by atoms with Gasteiger partial charge in [0.15, 0.2) is 0 Å². The Morgan fingerprint density at radius 1 is 0.978 bits per heavy atom. The Hall–Kier alpha value is -5.40. The number of hydrogen-bond acceptors (Lipinski definition) is 6. The number of nitriles is 1. The van der Waals surface area contributed by atoms with Gasteiger partial charge in [-0.05, 0) is 90.5 Å². The first-order valence-corrected chi connectivity index (χ1v) is 14.7. The number of nitrogens with one attached hydrogen (secondary N) is 2. The molecule has 1 aliphatic rings. The van der Waals surface area contributed by atoms with Crippen molar-refractivity contribution in [2.45, 2.75) is 31.7 Å². The first-order valence-electron chi connectivity index (χ1n) is 14.7. The molecule has 10 heteroatoms. The maximum atomic E-state index is 13.3. The van der Waals surface area contributed by atoms with E-state index < -0.39 is 23.5 Å². The summed E-state index contributed by atoms with van der Waals surface area (Å²) in [5, 5.41) is 15.5. The highest BCUT2D eigenvalue weighted by atomic mass is 19.4. The van der Waals surface area contributed by atoms with Crippen LogP contribution < -0.4 is 21.1 Å². The van der Waals surface area contributed by atoms with Gasteiger partial charge in [-0.2, -0.15) is 18.4 Å². The number of alkyl halides is 3. The molecule has 4 aromatic rings. The Morgan fingerprint density at radius 3 is 2.41 bits per heavy atom. The van der Waals surface area contributed by atoms with Crippen molar-refractivity contribution in [2.75, 3.05) is 11.9 Å². The van der Waals surface area contributed by atoms with E-state index in [-0.39, 0.29) is 17.3 Å². The number of benzene rings is 4. The molecule has 0 radical (unpaired) electrons. The van der Waals surface area contributed by atoms with E-state index >= 15 is 0 Å². The fourth-order valence-corrected chi connectivity index (χ4v) is 4.68. The Bertz CT molecular complexity index is 1760. The maximum absolute atomic E-state index is 13.3. The van der Waals surface area contributed by atoms with Crippen molar-refractivity contribution < 1.29 is 22.7 Å². The highest BCUT2D eigenvalue weighted by Crippen LogP contribution is 2.31. The third-order valence-electron chi connectivity index (χ3n) is 7.32. The molecule has 46 heavy (non-hydrogen) atoms. The Morgan fingerprint density at radius 2 is 1.72 bits per heavy atom. The second-order valence-corrected chi connectivity index (χ2v) is 11.0. The van der Waals surface area contributed by atoms with Gasteiger partial charge in [-0.1, -0.05) is 60.7 Å². The SMILES string of the molecule is N#Cc1cccc(N=C(C=C(N)C(F)(F)F)C(=O)Nc2cccc(C(NCC3CC3)c3ccc(OCc4ccccc4)cc3)c2)c1. The lowest BCUT2D eigenvalue weighted by Crippen LogP contribution is -2.27. The van der Waals surface area contributed by atoms with Crippen LogP contribution in [-0.4, -0.2) is 24.3 Å². The van der Waals surface area contributed by atoms with Crippen molar-refractivity contribution in [3.05, 3.63) is 137 Å². The fourth-order valence-electron chi connectivity index (χ4n) is 4.68. The summed E-state index contributed by atoms with van der Waals surface area (Å²) in [6.45, 7) is 1.26. The lowest BCUT2D eigenvalue weighted by Gasteiger charge is -2.21. The van der Waals surface area contributed by atoms with Crippen LogP contribution >= 0.6 is 0 Å². The van der Waals surface area contributed by atoms with Gasteiger partial charge >= 0.3 is 6.18 Å². The quantitative estimate of drug-likeness (QED) is 0.143. The van der Waals surface area contributed by atoms with Gasteiger partial charge in [0, 0.05) is 5.69 Å². The molecule has 4 aromatic carbocycles. The fraction of sp³-hybridized carbons (Fsp3) is 0.194. The minimum absolute atomic E-state index is 0.129. The summed E-state index contributed by atoms with van der Waals surface area (Å²) in [5.74, 6) is 0.435. The zero-order chi connectivity index (χ0) is 32.5.